The van der Waals surface area contributed by atoms with E-state index in [1.807, 2.05) is 0 Å². The van der Waals surface area contributed by atoms with Crippen LogP contribution in [-0.4, -0.2) is 5.78 Å². The highest BCUT2D eigenvalue weighted by Gasteiger charge is 2.13. The Morgan fingerprint density at radius 2 is 1.79 bits per heavy atom. The minimum Gasteiger partial charge on any atom is -0.294 e. The number of Topliss-reactive ketones (excluding diaryl/α,β-unsaturated/α-hetero) is 1. The van der Waals surface area contributed by atoms with Crippen LogP contribution in [-0.2, 0) is 6.42 Å². The van der Waals surface area contributed by atoms with Gasteiger partial charge in [0.25, 0.3) is 0 Å². The molecule has 0 atom stereocenters. The Balaban J connectivity index is 2.28. The topological polar surface area (TPSA) is 17.1 Å². The van der Waals surface area contributed by atoms with E-state index in [4.69, 9.17) is 11.6 Å². The van der Waals surface area contributed by atoms with Gasteiger partial charge in [0.2, 0.25) is 0 Å². The standard InChI is InChI=1S/C15H11ClF2O/c1-9-3-2-4-13(15(9)16)14(19)7-10-5-11(17)8-12(18)6-10/h2-6,8H,7H2,1H3. The highest BCUT2D eigenvalue weighted by molar-refractivity contribution is 6.34. The van der Waals surface area contributed by atoms with Crippen molar-refractivity contribution < 1.29 is 13.6 Å². The van der Waals surface area contributed by atoms with Gasteiger partial charge >= 0.3 is 0 Å². The average molecular weight is 281 g/mol. The largest absolute Gasteiger partial charge is 0.294 e. The first-order valence-electron chi connectivity index (χ1n) is 5.70. The number of carbonyl (C=O) groups is 1. The molecule has 0 heterocycles. The number of halogens is 3. The Hall–Kier alpha value is -1.74. The molecule has 0 unspecified atom stereocenters. The first-order valence-corrected chi connectivity index (χ1v) is 6.08. The van der Waals surface area contributed by atoms with E-state index in [1.54, 1.807) is 25.1 Å². The number of aryl methyl sites for hydroxylation is 1. The quantitative estimate of drug-likeness (QED) is 0.764. The molecule has 0 radical (unpaired) electrons. The van der Waals surface area contributed by atoms with E-state index in [-0.39, 0.29) is 12.2 Å². The lowest BCUT2D eigenvalue weighted by atomic mass is 10.0. The van der Waals surface area contributed by atoms with E-state index in [2.05, 4.69) is 0 Å². The Morgan fingerprint density at radius 1 is 1.16 bits per heavy atom. The van der Waals surface area contributed by atoms with E-state index < -0.39 is 11.6 Å². The van der Waals surface area contributed by atoms with Crippen LogP contribution in [0.5, 0.6) is 0 Å². The van der Waals surface area contributed by atoms with Gasteiger partial charge in [0.1, 0.15) is 11.6 Å². The van der Waals surface area contributed by atoms with Crippen molar-refractivity contribution in [2.24, 2.45) is 0 Å². The van der Waals surface area contributed by atoms with Crippen LogP contribution in [0.3, 0.4) is 0 Å². The van der Waals surface area contributed by atoms with Gasteiger partial charge in [0.15, 0.2) is 5.78 Å². The molecule has 0 aliphatic rings. The first-order chi connectivity index (χ1) is 8.97. The molecule has 98 valence electrons. The van der Waals surface area contributed by atoms with Gasteiger partial charge in [0, 0.05) is 18.1 Å². The summed E-state index contributed by atoms with van der Waals surface area (Å²) in [4.78, 5) is 12.1. The molecule has 0 fully saturated rings. The predicted octanol–water partition coefficient (Wildman–Crippen LogP) is 4.35. The van der Waals surface area contributed by atoms with Gasteiger partial charge in [-0.15, -0.1) is 0 Å². The Bertz CT molecular complexity index is 618. The summed E-state index contributed by atoms with van der Waals surface area (Å²) < 4.78 is 26.1. The zero-order valence-electron chi connectivity index (χ0n) is 10.2. The molecule has 0 spiro atoms. The lowest BCUT2D eigenvalue weighted by Crippen LogP contribution is -2.05. The number of benzene rings is 2. The SMILES string of the molecule is Cc1cccc(C(=O)Cc2cc(F)cc(F)c2)c1Cl. The van der Waals surface area contributed by atoms with Gasteiger partial charge in [-0.1, -0.05) is 23.7 Å². The second-order valence-electron chi connectivity index (χ2n) is 4.31. The minimum absolute atomic E-state index is 0.0855. The Kier molecular flexibility index (Phi) is 3.96. The van der Waals surface area contributed by atoms with Gasteiger partial charge in [-0.05, 0) is 36.2 Å². The Morgan fingerprint density at radius 3 is 2.42 bits per heavy atom. The van der Waals surface area contributed by atoms with Crippen LogP contribution in [0.2, 0.25) is 5.02 Å². The van der Waals surface area contributed by atoms with E-state index in [9.17, 15) is 13.6 Å². The van der Waals surface area contributed by atoms with Crippen LogP contribution in [0.1, 0.15) is 21.5 Å². The molecule has 0 aliphatic carbocycles. The summed E-state index contributed by atoms with van der Waals surface area (Å²) in [6, 6.07) is 8.18. The fourth-order valence-corrected chi connectivity index (χ4v) is 2.09. The smallest absolute Gasteiger partial charge is 0.168 e. The van der Waals surface area contributed by atoms with E-state index in [0.717, 1.165) is 23.8 Å². The third-order valence-corrected chi connectivity index (χ3v) is 3.28. The molecule has 2 rings (SSSR count). The van der Waals surface area contributed by atoms with E-state index in [1.165, 1.54) is 0 Å². The summed E-state index contributed by atoms with van der Waals surface area (Å²) >= 11 is 6.05. The zero-order valence-corrected chi connectivity index (χ0v) is 11.0. The molecular formula is C15H11ClF2O. The maximum atomic E-state index is 13.0. The van der Waals surface area contributed by atoms with Crippen LogP contribution in [0, 0.1) is 18.6 Å². The zero-order chi connectivity index (χ0) is 14.0. The highest BCUT2D eigenvalue weighted by atomic mass is 35.5. The summed E-state index contributed by atoms with van der Waals surface area (Å²) in [5.41, 5.74) is 1.45. The summed E-state index contributed by atoms with van der Waals surface area (Å²) in [5, 5.41) is 0.379. The molecule has 0 saturated carbocycles. The van der Waals surface area contributed by atoms with Crippen molar-refractivity contribution in [3.63, 3.8) is 0 Å². The van der Waals surface area contributed by atoms with Gasteiger partial charge in [-0.25, -0.2) is 8.78 Å². The van der Waals surface area contributed by atoms with Crippen molar-refractivity contribution in [1.82, 2.24) is 0 Å². The van der Waals surface area contributed by atoms with Crippen molar-refractivity contribution in [1.29, 1.82) is 0 Å². The number of hydrogen-bond donors (Lipinski definition) is 0. The second-order valence-corrected chi connectivity index (χ2v) is 4.69. The number of rotatable bonds is 3. The molecule has 0 aromatic heterocycles. The fraction of sp³-hybridized carbons (Fsp3) is 0.133. The van der Waals surface area contributed by atoms with Crippen LogP contribution in [0.4, 0.5) is 8.78 Å². The van der Waals surface area contributed by atoms with Crippen LogP contribution >= 0.6 is 11.6 Å². The molecule has 0 aliphatic heterocycles. The van der Waals surface area contributed by atoms with Gasteiger partial charge in [0.05, 0.1) is 5.02 Å². The maximum Gasteiger partial charge on any atom is 0.168 e. The average Bonchev–Trinajstić information content (AvgIpc) is 2.31. The molecule has 2 aromatic rings. The van der Waals surface area contributed by atoms with Crippen molar-refractivity contribution in [2.45, 2.75) is 13.3 Å². The molecule has 4 heteroatoms. The van der Waals surface area contributed by atoms with Crippen LogP contribution < -0.4 is 0 Å². The van der Waals surface area contributed by atoms with Crippen LogP contribution in [0.15, 0.2) is 36.4 Å². The maximum absolute atomic E-state index is 13.0. The van der Waals surface area contributed by atoms with Crippen molar-refractivity contribution in [3.8, 4) is 0 Å². The molecular weight excluding hydrogens is 270 g/mol. The van der Waals surface area contributed by atoms with E-state index >= 15 is 0 Å². The fourth-order valence-electron chi connectivity index (χ4n) is 1.86. The summed E-state index contributed by atoms with van der Waals surface area (Å²) in [6.07, 6.45) is -0.0855. The molecule has 0 amide bonds. The van der Waals surface area contributed by atoms with E-state index in [0.29, 0.717) is 16.1 Å². The number of carbonyl (C=O) groups excluding carboxylic acids is 1. The summed E-state index contributed by atoms with van der Waals surface area (Å²) in [5.74, 6) is -1.66. The van der Waals surface area contributed by atoms with Crippen molar-refractivity contribution >= 4 is 17.4 Å². The predicted molar refractivity (Wildman–Crippen MR) is 70.6 cm³/mol. The highest BCUT2D eigenvalue weighted by Crippen LogP contribution is 2.22. The Labute approximate surface area is 114 Å². The molecule has 2 aromatic carbocycles. The van der Waals surface area contributed by atoms with Gasteiger partial charge in [-0.3, -0.25) is 4.79 Å². The molecule has 19 heavy (non-hydrogen) atoms. The lowest BCUT2D eigenvalue weighted by Gasteiger charge is -2.06. The van der Waals surface area contributed by atoms with Crippen molar-refractivity contribution in [3.05, 3.63) is 69.7 Å². The first kappa shape index (κ1) is 13.7. The molecule has 0 N–H and O–H groups in total. The van der Waals surface area contributed by atoms with Gasteiger partial charge < -0.3 is 0 Å². The summed E-state index contributed by atoms with van der Waals surface area (Å²) in [7, 11) is 0. The molecule has 0 saturated heterocycles. The van der Waals surface area contributed by atoms with Crippen molar-refractivity contribution in [2.75, 3.05) is 0 Å². The lowest BCUT2D eigenvalue weighted by molar-refractivity contribution is 0.0993. The van der Waals surface area contributed by atoms with Gasteiger partial charge in [-0.2, -0.15) is 0 Å². The monoisotopic (exact) mass is 280 g/mol. The third kappa shape index (κ3) is 3.18. The second kappa shape index (κ2) is 5.49. The molecule has 0 bridgehead atoms. The number of hydrogen-bond acceptors (Lipinski definition) is 1. The molecule has 1 nitrogen and oxygen atoms in total. The minimum atomic E-state index is -0.696. The normalized spacial score (nSPS) is 10.5. The third-order valence-electron chi connectivity index (χ3n) is 2.78. The summed E-state index contributed by atoms with van der Waals surface area (Å²) in [6.45, 7) is 1.79. The van der Waals surface area contributed by atoms with Crippen LogP contribution in [0.25, 0.3) is 0 Å². The number of ketones is 1.